The number of nitrogens with zero attached hydrogens (tertiary/aromatic N) is 3. The molecule has 0 unspecified atom stereocenters. The van der Waals surface area contributed by atoms with E-state index in [9.17, 15) is 12.8 Å². The Kier molecular flexibility index (Phi) is 4.14. The van der Waals surface area contributed by atoms with E-state index >= 15 is 0 Å². The molecule has 0 aliphatic carbocycles. The number of sulfonamides is 1. The number of anilines is 2. The van der Waals surface area contributed by atoms with E-state index in [1.54, 1.807) is 42.6 Å². The van der Waals surface area contributed by atoms with Crippen molar-refractivity contribution in [3.8, 4) is 0 Å². The first-order valence-corrected chi connectivity index (χ1v) is 9.89. The summed E-state index contributed by atoms with van der Waals surface area (Å²) in [6, 6.07) is 17.0. The topological polar surface area (TPSA) is 63.2 Å². The van der Waals surface area contributed by atoms with Gasteiger partial charge in [0.1, 0.15) is 5.82 Å². The molecule has 4 rings (SSSR count). The molecule has 0 atom stereocenters. The average Bonchev–Trinajstić information content (AvgIpc) is 3.06. The van der Waals surface area contributed by atoms with Gasteiger partial charge in [-0.05, 0) is 48.5 Å². The van der Waals surface area contributed by atoms with Gasteiger partial charge in [-0.15, -0.1) is 0 Å². The molecule has 2 heterocycles. The highest BCUT2D eigenvalue weighted by Gasteiger charge is 2.29. The zero-order valence-corrected chi connectivity index (χ0v) is 14.9. The van der Waals surface area contributed by atoms with Crippen molar-refractivity contribution < 1.29 is 12.8 Å². The molecule has 0 saturated carbocycles. The van der Waals surface area contributed by atoms with Gasteiger partial charge < -0.3 is 0 Å². The van der Waals surface area contributed by atoms with E-state index in [0.29, 0.717) is 11.3 Å². The molecule has 130 valence electrons. The maximum absolute atomic E-state index is 13.3. The molecule has 0 aliphatic heterocycles. The molecule has 8 heteroatoms. The molecule has 0 bridgehead atoms. The van der Waals surface area contributed by atoms with Gasteiger partial charge in [0.25, 0.3) is 10.0 Å². The summed E-state index contributed by atoms with van der Waals surface area (Å²) in [5.74, 6) is -0.501. The van der Waals surface area contributed by atoms with E-state index in [1.165, 1.54) is 23.5 Å². The Labute approximate surface area is 153 Å². The zero-order chi connectivity index (χ0) is 18.1. The van der Waals surface area contributed by atoms with Crippen LogP contribution in [0.1, 0.15) is 0 Å². The van der Waals surface area contributed by atoms with Crippen molar-refractivity contribution in [2.75, 3.05) is 4.31 Å². The smallest absolute Gasteiger partial charge is 0.236 e. The van der Waals surface area contributed by atoms with E-state index in [1.807, 2.05) is 6.07 Å². The third kappa shape index (κ3) is 2.93. The normalized spacial score (nSPS) is 11.6. The van der Waals surface area contributed by atoms with E-state index in [4.69, 9.17) is 0 Å². The summed E-state index contributed by atoms with van der Waals surface area (Å²) < 4.78 is 41.7. The first-order chi connectivity index (χ1) is 12.6. The van der Waals surface area contributed by atoms with Crippen LogP contribution >= 0.6 is 11.3 Å². The summed E-state index contributed by atoms with van der Waals surface area (Å²) in [6.07, 6.45) is 1.60. The predicted molar refractivity (Wildman–Crippen MR) is 99.6 cm³/mol. The van der Waals surface area contributed by atoms with E-state index in [2.05, 4.69) is 9.97 Å². The number of para-hydroxylation sites is 1. The van der Waals surface area contributed by atoms with Crippen molar-refractivity contribution in [3.05, 3.63) is 78.7 Å². The van der Waals surface area contributed by atoms with Gasteiger partial charge in [-0.1, -0.05) is 29.5 Å². The van der Waals surface area contributed by atoms with Gasteiger partial charge in [-0.25, -0.2) is 22.1 Å². The van der Waals surface area contributed by atoms with Crippen molar-refractivity contribution in [1.29, 1.82) is 0 Å². The summed E-state index contributed by atoms with van der Waals surface area (Å²) in [6.45, 7) is 0. The summed E-state index contributed by atoms with van der Waals surface area (Å²) in [5, 5.41) is 0.272. The number of halogens is 1. The fourth-order valence-corrected chi connectivity index (χ4v) is 5.07. The van der Waals surface area contributed by atoms with Crippen LogP contribution in [0.5, 0.6) is 0 Å². The van der Waals surface area contributed by atoms with Gasteiger partial charge in [0.15, 0.2) is 5.65 Å². The summed E-state index contributed by atoms with van der Waals surface area (Å²) in [5.41, 5.74) is 0.915. The fraction of sp³-hybridized carbons (Fsp3) is 0. The minimum absolute atomic E-state index is 0.0185. The Morgan fingerprint density at radius 1 is 0.923 bits per heavy atom. The highest BCUT2D eigenvalue weighted by molar-refractivity contribution is 7.93. The standard InChI is InChI=1S/C18H12FN3O2S2/c19-13-8-10-15(11-9-13)26(23,24)22(14-5-2-1-3-6-14)18-21-17-16(25-18)7-4-12-20-17/h1-12H. The van der Waals surface area contributed by atoms with Crippen LogP contribution in [0.2, 0.25) is 0 Å². The number of benzene rings is 2. The number of hydrogen-bond donors (Lipinski definition) is 0. The first kappa shape index (κ1) is 16.6. The van der Waals surface area contributed by atoms with Gasteiger partial charge >= 0.3 is 0 Å². The van der Waals surface area contributed by atoms with E-state index < -0.39 is 15.8 Å². The van der Waals surface area contributed by atoms with Crippen LogP contribution in [-0.4, -0.2) is 18.4 Å². The second-order valence-corrected chi connectivity index (χ2v) is 8.18. The quantitative estimate of drug-likeness (QED) is 0.524. The molecule has 2 aromatic heterocycles. The highest BCUT2D eigenvalue weighted by atomic mass is 32.2. The third-order valence-corrected chi connectivity index (χ3v) is 6.51. The lowest BCUT2D eigenvalue weighted by Crippen LogP contribution is -2.26. The average molecular weight is 385 g/mol. The molecule has 26 heavy (non-hydrogen) atoms. The van der Waals surface area contributed by atoms with Crippen LogP contribution < -0.4 is 4.31 Å². The van der Waals surface area contributed by atoms with Gasteiger partial charge in [0.2, 0.25) is 5.13 Å². The highest BCUT2D eigenvalue weighted by Crippen LogP contribution is 2.36. The summed E-state index contributed by atoms with van der Waals surface area (Å²) >= 11 is 1.22. The van der Waals surface area contributed by atoms with Crippen LogP contribution in [0, 0.1) is 5.82 Å². The maximum atomic E-state index is 13.3. The molecule has 2 aromatic carbocycles. The molecule has 0 amide bonds. The molecular weight excluding hydrogens is 373 g/mol. The Balaban J connectivity index is 1.92. The molecular formula is C18H12FN3O2S2. The SMILES string of the molecule is O=S(=O)(c1ccc(F)cc1)N(c1ccccc1)c1nc2ncccc2s1. The molecule has 0 fully saturated rings. The number of rotatable bonds is 4. The number of aromatic nitrogens is 2. The van der Waals surface area contributed by atoms with Crippen molar-refractivity contribution in [1.82, 2.24) is 9.97 Å². The zero-order valence-electron chi connectivity index (χ0n) is 13.3. The van der Waals surface area contributed by atoms with Gasteiger partial charge in [-0.3, -0.25) is 0 Å². The molecule has 5 nitrogen and oxygen atoms in total. The van der Waals surface area contributed by atoms with Crippen molar-refractivity contribution in [2.24, 2.45) is 0 Å². The van der Waals surface area contributed by atoms with Crippen LogP contribution in [0.15, 0.2) is 77.8 Å². The number of pyridine rings is 1. The second-order valence-electron chi connectivity index (χ2n) is 5.38. The molecule has 0 spiro atoms. The summed E-state index contributed by atoms with van der Waals surface area (Å²) in [4.78, 5) is 8.53. The molecule has 0 radical (unpaired) electrons. The van der Waals surface area contributed by atoms with Crippen LogP contribution in [0.4, 0.5) is 15.2 Å². The van der Waals surface area contributed by atoms with Gasteiger partial charge in [0.05, 0.1) is 15.3 Å². The van der Waals surface area contributed by atoms with Crippen molar-refractivity contribution in [2.45, 2.75) is 4.90 Å². The van der Waals surface area contributed by atoms with Crippen molar-refractivity contribution in [3.63, 3.8) is 0 Å². The lowest BCUT2D eigenvalue weighted by Gasteiger charge is -2.21. The lowest BCUT2D eigenvalue weighted by atomic mass is 10.3. The predicted octanol–water partition coefficient (Wildman–Crippen LogP) is 4.36. The van der Waals surface area contributed by atoms with Gasteiger partial charge in [-0.2, -0.15) is 4.98 Å². The Hall–Kier alpha value is -2.84. The molecule has 0 aliphatic rings. The Morgan fingerprint density at radius 2 is 1.65 bits per heavy atom. The monoisotopic (exact) mass is 385 g/mol. The van der Waals surface area contributed by atoms with Crippen LogP contribution in [0.25, 0.3) is 10.3 Å². The van der Waals surface area contributed by atoms with E-state index in [-0.39, 0.29) is 10.0 Å². The third-order valence-electron chi connectivity index (χ3n) is 3.67. The van der Waals surface area contributed by atoms with Crippen molar-refractivity contribution >= 4 is 42.5 Å². The van der Waals surface area contributed by atoms with Crippen LogP contribution in [0.3, 0.4) is 0 Å². The molecule has 4 aromatic rings. The minimum atomic E-state index is -3.98. The number of fused-ring (bicyclic) bond motifs is 1. The Bertz CT molecular complexity index is 1130. The second kappa shape index (κ2) is 6.47. The maximum Gasteiger partial charge on any atom is 0.270 e. The van der Waals surface area contributed by atoms with Gasteiger partial charge in [0, 0.05) is 6.20 Å². The number of hydrogen-bond acceptors (Lipinski definition) is 5. The Morgan fingerprint density at radius 3 is 2.35 bits per heavy atom. The summed E-state index contributed by atoms with van der Waals surface area (Å²) in [7, 11) is -3.98. The largest absolute Gasteiger partial charge is 0.270 e. The van der Waals surface area contributed by atoms with Crippen LogP contribution in [-0.2, 0) is 10.0 Å². The molecule has 0 N–H and O–H groups in total. The van der Waals surface area contributed by atoms with E-state index in [0.717, 1.165) is 21.1 Å². The first-order valence-electron chi connectivity index (χ1n) is 7.63. The lowest BCUT2D eigenvalue weighted by molar-refractivity contribution is 0.595. The fourth-order valence-electron chi connectivity index (χ4n) is 2.47. The molecule has 0 saturated heterocycles. The number of thiazole rings is 1. The minimum Gasteiger partial charge on any atom is -0.236 e.